The maximum Gasteiger partial charge on any atom is 0.573 e. The number of rotatable bonds is 2. The van der Waals surface area contributed by atoms with Gasteiger partial charge in [-0.25, -0.2) is 0 Å². The number of ether oxygens (including phenoxy) is 1. The molecular formula is C12H15F3IN2O+. The highest BCUT2D eigenvalue weighted by Crippen LogP contribution is 2.36. The highest BCUT2D eigenvalue weighted by molar-refractivity contribution is 14.1. The molecule has 0 bridgehead atoms. The molecule has 0 amide bonds. The summed E-state index contributed by atoms with van der Waals surface area (Å²) in [5.74, 6) is -0.122. The fourth-order valence-electron chi connectivity index (χ4n) is 2.25. The van der Waals surface area contributed by atoms with Crippen molar-refractivity contribution < 1.29 is 17.9 Å². The van der Waals surface area contributed by atoms with Crippen molar-refractivity contribution in [3.63, 3.8) is 0 Å². The van der Waals surface area contributed by atoms with Gasteiger partial charge in [0, 0.05) is 19.2 Å². The molecule has 106 valence electrons. The minimum absolute atomic E-state index is 0.122. The summed E-state index contributed by atoms with van der Waals surface area (Å²) in [5, 5.41) is 3.25. The molecule has 3 nitrogen and oxygen atoms in total. The number of quaternary nitrogens is 1. The average Bonchev–Trinajstić information content (AvgIpc) is 2.31. The van der Waals surface area contributed by atoms with Crippen LogP contribution >= 0.6 is 22.6 Å². The van der Waals surface area contributed by atoms with E-state index in [4.69, 9.17) is 0 Å². The summed E-state index contributed by atoms with van der Waals surface area (Å²) in [5.41, 5.74) is 0.879. The Labute approximate surface area is 123 Å². The second-order valence-corrected chi connectivity index (χ2v) is 5.81. The summed E-state index contributed by atoms with van der Waals surface area (Å²) in [7, 11) is 2.04. The van der Waals surface area contributed by atoms with Gasteiger partial charge < -0.3 is 10.1 Å². The van der Waals surface area contributed by atoms with Crippen molar-refractivity contribution >= 4 is 28.3 Å². The Morgan fingerprint density at radius 2 is 1.89 bits per heavy atom. The van der Waals surface area contributed by atoms with Gasteiger partial charge in [-0.05, 0) is 28.7 Å². The van der Waals surface area contributed by atoms with Crippen molar-refractivity contribution in [3.8, 4) is 5.75 Å². The lowest BCUT2D eigenvalue weighted by Crippen LogP contribution is -2.57. The summed E-state index contributed by atoms with van der Waals surface area (Å²) in [6.07, 6.45) is -4.65. The minimum Gasteiger partial charge on any atom is -0.404 e. The van der Waals surface area contributed by atoms with E-state index in [1.807, 2.05) is 35.7 Å². The Kier molecular flexibility index (Phi) is 4.26. The SMILES string of the molecule is C[N+]1(c2cccc(OC(F)(F)F)c2I)CCNCC1. The predicted octanol–water partition coefficient (Wildman–Crippen LogP) is 2.73. The van der Waals surface area contributed by atoms with Crippen molar-refractivity contribution in [1.29, 1.82) is 0 Å². The van der Waals surface area contributed by atoms with Crippen molar-refractivity contribution in [1.82, 2.24) is 9.80 Å². The van der Waals surface area contributed by atoms with Gasteiger partial charge in [0.1, 0.15) is 15.0 Å². The normalized spacial score (nSPS) is 19.2. The first-order chi connectivity index (χ1) is 8.82. The van der Waals surface area contributed by atoms with Crippen LogP contribution in [0.25, 0.3) is 0 Å². The first-order valence-electron chi connectivity index (χ1n) is 5.92. The van der Waals surface area contributed by atoms with E-state index in [9.17, 15) is 13.2 Å². The van der Waals surface area contributed by atoms with Crippen LogP contribution in [0.5, 0.6) is 5.75 Å². The van der Waals surface area contributed by atoms with Gasteiger partial charge in [-0.1, -0.05) is 6.07 Å². The number of piperazine rings is 1. The summed E-state index contributed by atoms with van der Waals surface area (Å²) in [6.45, 7) is 3.42. The lowest BCUT2D eigenvalue weighted by atomic mass is 10.2. The van der Waals surface area contributed by atoms with Crippen molar-refractivity contribution in [2.24, 2.45) is 0 Å². The van der Waals surface area contributed by atoms with Gasteiger partial charge in [0.05, 0.1) is 20.1 Å². The third-order valence-corrected chi connectivity index (χ3v) is 4.40. The third kappa shape index (κ3) is 3.51. The molecule has 1 aliphatic rings. The molecule has 1 N–H and O–H groups in total. The van der Waals surface area contributed by atoms with Crippen LogP contribution in [0.3, 0.4) is 0 Å². The van der Waals surface area contributed by atoms with E-state index in [-0.39, 0.29) is 5.75 Å². The average molecular weight is 387 g/mol. The summed E-state index contributed by atoms with van der Waals surface area (Å²) >= 11 is 1.93. The smallest absolute Gasteiger partial charge is 0.404 e. The fraction of sp³-hybridized carbons (Fsp3) is 0.500. The van der Waals surface area contributed by atoms with Gasteiger partial charge >= 0.3 is 6.36 Å². The zero-order chi connectivity index (χ0) is 14.1. The topological polar surface area (TPSA) is 21.3 Å². The monoisotopic (exact) mass is 387 g/mol. The molecule has 2 rings (SSSR count). The van der Waals surface area contributed by atoms with Gasteiger partial charge in [-0.2, -0.15) is 0 Å². The van der Waals surface area contributed by atoms with Crippen molar-refractivity contribution in [2.45, 2.75) is 6.36 Å². The van der Waals surface area contributed by atoms with E-state index in [1.165, 1.54) is 6.07 Å². The zero-order valence-corrected chi connectivity index (χ0v) is 12.6. The first-order valence-corrected chi connectivity index (χ1v) is 7.00. The Morgan fingerprint density at radius 3 is 2.47 bits per heavy atom. The number of nitrogens with one attached hydrogen (secondary N) is 1. The molecule has 19 heavy (non-hydrogen) atoms. The third-order valence-electron chi connectivity index (χ3n) is 3.31. The Hall–Kier alpha value is -0.540. The Morgan fingerprint density at radius 1 is 1.26 bits per heavy atom. The molecule has 7 heteroatoms. The molecule has 0 atom stereocenters. The molecule has 0 aromatic heterocycles. The molecule has 0 unspecified atom stereocenters. The van der Waals surface area contributed by atoms with Crippen LogP contribution in [0.15, 0.2) is 18.2 Å². The van der Waals surface area contributed by atoms with Crippen LogP contribution in [0.2, 0.25) is 0 Å². The van der Waals surface area contributed by atoms with Gasteiger partial charge in [0.15, 0.2) is 0 Å². The fourth-order valence-corrected chi connectivity index (χ4v) is 3.30. The summed E-state index contributed by atoms with van der Waals surface area (Å²) in [4.78, 5) is 0. The second-order valence-electron chi connectivity index (χ2n) is 4.73. The lowest BCUT2D eigenvalue weighted by Gasteiger charge is -2.38. The van der Waals surface area contributed by atoms with Gasteiger partial charge in [0.2, 0.25) is 0 Å². The second kappa shape index (κ2) is 5.45. The van der Waals surface area contributed by atoms with Crippen LogP contribution in [0, 0.1) is 3.57 Å². The van der Waals surface area contributed by atoms with E-state index < -0.39 is 6.36 Å². The molecule has 1 heterocycles. The molecule has 1 saturated heterocycles. The highest BCUT2D eigenvalue weighted by atomic mass is 127. The molecule has 1 aliphatic heterocycles. The quantitative estimate of drug-likeness (QED) is 0.623. The summed E-state index contributed by atoms with van der Waals surface area (Å²) < 4.78 is 42.3. The van der Waals surface area contributed by atoms with Crippen molar-refractivity contribution in [2.75, 3.05) is 33.2 Å². The maximum atomic E-state index is 12.4. The van der Waals surface area contributed by atoms with E-state index in [0.717, 1.165) is 31.9 Å². The van der Waals surface area contributed by atoms with Crippen LogP contribution in [-0.4, -0.2) is 39.6 Å². The Bertz CT molecular complexity index is 459. The molecule has 1 aromatic carbocycles. The molecular weight excluding hydrogens is 372 g/mol. The number of hydrogen-bond acceptors (Lipinski definition) is 2. The molecule has 1 fully saturated rings. The number of halogens is 4. The number of likely N-dealkylation sites (N-methyl/N-ethyl adjacent to an activating group) is 1. The van der Waals surface area contributed by atoms with E-state index in [2.05, 4.69) is 10.1 Å². The number of benzene rings is 1. The number of alkyl halides is 3. The highest BCUT2D eigenvalue weighted by Gasteiger charge is 2.35. The zero-order valence-electron chi connectivity index (χ0n) is 10.4. The van der Waals surface area contributed by atoms with Crippen LogP contribution in [0.1, 0.15) is 0 Å². The van der Waals surface area contributed by atoms with Gasteiger partial charge in [0.25, 0.3) is 0 Å². The first kappa shape index (κ1) is 14.9. The minimum atomic E-state index is -4.65. The molecule has 0 saturated carbocycles. The van der Waals surface area contributed by atoms with E-state index in [1.54, 1.807) is 6.07 Å². The molecule has 0 spiro atoms. The standard InChI is InChI=1S/C12H15F3IN2O/c1-18(7-5-17-6-8-18)9-3-2-4-10(11(9)16)19-12(13,14)15/h2-4,17H,5-8H2,1H3/q+1. The van der Waals surface area contributed by atoms with E-state index in [0.29, 0.717) is 8.05 Å². The largest absolute Gasteiger partial charge is 0.573 e. The lowest BCUT2D eigenvalue weighted by molar-refractivity contribution is -0.274. The number of nitrogens with zero attached hydrogens (tertiary/aromatic N) is 1. The maximum absolute atomic E-state index is 12.4. The Balaban J connectivity index is 2.34. The predicted molar refractivity (Wildman–Crippen MR) is 76.2 cm³/mol. The molecule has 0 radical (unpaired) electrons. The van der Waals surface area contributed by atoms with Crippen LogP contribution in [-0.2, 0) is 0 Å². The van der Waals surface area contributed by atoms with Crippen molar-refractivity contribution in [3.05, 3.63) is 21.8 Å². The summed E-state index contributed by atoms with van der Waals surface area (Å²) in [6, 6.07) is 4.84. The molecule has 0 aliphatic carbocycles. The number of hydrogen-bond donors (Lipinski definition) is 1. The van der Waals surface area contributed by atoms with Gasteiger partial charge in [-0.15, -0.1) is 13.2 Å². The van der Waals surface area contributed by atoms with Gasteiger partial charge in [-0.3, -0.25) is 4.48 Å². The van der Waals surface area contributed by atoms with Crippen LogP contribution in [0.4, 0.5) is 18.9 Å². The van der Waals surface area contributed by atoms with Crippen LogP contribution < -0.4 is 14.5 Å². The van der Waals surface area contributed by atoms with E-state index >= 15 is 0 Å². The molecule has 1 aromatic rings.